The van der Waals surface area contributed by atoms with Crippen molar-refractivity contribution in [1.29, 1.82) is 0 Å². The molecule has 274 valence electrons. The minimum absolute atomic E-state index is 0.00354. The van der Waals surface area contributed by atoms with Crippen molar-refractivity contribution in [2.24, 2.45) is 17.3 Å². The summed E-state index contributed by atoms with van der Waals surface area (Å²) >= 11 is 1.61. The number of thiazole rings is 1. The van der Waals surface area contributed by atoms with Crippen molar-refractivity contribution in [2.45, 2.75) is 177 Å². The lowest BCUT2D eigenvalue weighted by atomic mass is 9.73. The smallest absolute Gasteiger partial charge is 0.309 e. The summed E-state index contributed by atoms with van der Waals surface area (Å²) in [5.74, 6) is -0.433. The van der Waals surface area contributed by atoms with Crippen molar-refractivity contribution >= 4 is 45.8 Å². The molecule has 0 aromatic carbocycles. The number of allylic oxidation sites excluding steroid dienone is 1. The van der Waals surface area contributed by atoms with Gasteiger partial charge in [0.05, 0.1) is 29.3 Å². The molecule has 0 fully saturated rings. The molecule has 0 aliphatic carbocycles. The maximum absolute atomic E-state index is 14.8. The molecule has 2 rings (SSSR count). The van der Waals surface area contributed by atoms with E-state index in [1.807, 2.05) is 46.1 Å². The summed E-state index contributed by atoms with van der Waals surface area (Å²) in [7, 11) is -4.58. The van der Waals surface area contributed by atoms with E-state index < -0.39 is 34.3 Å². The van der Waals surface area contributed by atoms with Crippen LogP contribution in [0.3, 0.4) is 0 Å². The molecular formula is C39H69NO5SSi2. The fourth-order valence-corrected chi connectivity index (χ4v) is 9.32. The molecule has 1 unspecified atom stereocenters. The predicted molar refractivity (Wildman–Crippen MR) is 208 cm³/mol. The Kier molecular flexibility index (Phi) is 14.5. The second-order valence-electron chi connectivity index (χ2n) is 18.1. The van der Waals surface area contributed by atoms with Crippen LogP contribution in [0.5, 0.6) is 0 Å². The SMILES string of the molecule is CC1=CC[C@@H](C(C)=Cc2csc(C)n2)OC(=O)C[C@H](O[Si](C)(C)C(C)(C)C)C(C)(C)C(=O)[C@H](C)[C@@H](O[Si](C)(C)C(C)(C)C)C(C)CCC1. The van der Waals surface area contributed by atoms with Crippen LogP contribution < -0.4 is 0 Å². The third kappa shape index (κ3) is 11.3. The molecule has 0 amide bonds. The number of carbonyl (C=O) groups excluding carboxylic acids is 2. The number of hydrogen-bond acceptors (Lipinski definition) is 7. The summed E-state index contributed by atoms with van der Waals surface area (Å²) in [6, 6.07) is 0. The maximum Gasteiger partial charge on any atom is 0.309 e. The highest BCUT2D eigenvalue weighted by Gasteiger charge is 2.50. The van der Waals surface area contributed by atoms with Gasteiger partial charge >= 0.3 is 5.97 Å². The molecule has 6 nitrogen and oxygen atoms in total. The van der Waals surface area contributed by atoms with Crippen molar-refractivity contribution in [1.82, 2.24) is 4.98 Å². The van der Waals surface area contributed by atoms with E-state index in [0.717, 1.165) is 35.5 Å². The van der Waals surface area contributed by atoms with Gasteiger partial charge in [-0.3, -0.25) is 9.59 Å². The van der Waals surface area contributed by atoms with Gasteiger partial charge in [-0.05, 0) is 93.9 Å². The van der Waals surface area contributed by atoms with Gasteiger partial charge in [0.1, 0.15) is 11.9 Å². The largest absolute Gasteiger partial charge is 0.457 e. The van der Waals surface area contributed by atoms with Gasteiger partial charge in [-0.1, -0.05) is 80.9 Å². The molecule has 0 saturated heterocycles. The number of nitrogens with zero attached hydrogens (tertiary/aromatic N) is 1. The average molecular weight is 720 g/mol. The second-order valence-corrected chi connectivity index (χ2v) is 28.7. The first-order chi connectivity index (χ1) is 21.7. The third-order valence-corrected chi connectivity index (χ3v) is 21.2. The Hall–Kier alpha value is -1.40. The Morgan fingerprint density at radius 3 is 2.08 bits per heavy atom. The molecule has 1 aromatic heterocycles. The van der Waals surface area contributed by atoms with Gasteiger partial charge in [0, 0.05) is 23.1 Å². The van der Waals surface area contributed by atoms with Gasteiger partial charge < -0.3 is 13.6 Å². The van der Waals surface area contributed by atoms with Crippen LogP contribution in [0.15, 0.2) is 22.6 Å². The molecule has 0 bridgehead atoms. The van der Waals surface area contributed by atoms with Gasteiger partial charge in [0.2, 0.25) is 0 Å². The van der Waals surface area contributed by atoms with Crippen molar-refractivity contribution < 1.29 is 23.2 Å². The van der Waals surface area contributed by atoms with Crippen LogP contribution in [-0.4, -0.2) is 51.7 Å². The summed E-state index contributed by atoms with van der Waals surface area (Å²) in [5, 5.41) is 2.94. The Labute approximate surface area is 300 Å². The first-order valence-electron chi connectivity index (χ1n) is 18.0. The summed E-state index contributed by atoms with van der Waals surface area (Å²) in [6.45, 7) is 36.6. The molecule has 0 N–H and O–H groups in total. The Bertz CT molecular complexity index is 1310. The number of esters is 1. The summed E-state index contributed by atoms with van der Waals surface area (Å²) in [6.07, 6.45) is 6.45. The summed E-state index contributed by atoms with van der Waals surface area (Å²) < 4.78 is 20.5. The van der Waals surface area contributed by atoms with Crippen LogP contribution in [0.1, 0.15) is 126 Å². The van der Waals surface area contributed by atoms with Crippen molar-refractivity contribution in [3.63, 3.8) is 0 Å². The first kappa shape index (κ1) is 42.8. The highest BCUT2D eigenvalue weighted by Crippen LogP contribution is 2.44. The van der Waals surface area contributed by atoms with Crippen molar-refractivity contribution in [2.75, 3.05) is 0 Å². The van der Waals surface area contributed by atoms with E-state index in [1.54, 1.807) is 11.3 Å². The molecule has 48 heavy (non-hydrogen) atoms. The predicted octanol–water partition coefficient (Wildman–Crippen LogP) is 11.3. The highest BCUT2D eigenvalue weighted by atomic mass is 32.1. The number of ketones is 1. The maximum atomic E-state index is 14.8. The quantitative estimate of drug-likeness (QED) is 0.165. The van der Waals surface area contributed by atoms with Crippen LogP contribution in [0.25, 0.3) is 6.08 Å². The lowest BCUT2D eigenvalue weighted by Crippen LogP contribution is -2.54. The monoisotopic (exact) mass is 719 g/mol. The lowest BCUT2D eigenvalue weighted by molar-refractivity contribution is -0.153. The van der Waals surface area contributed by atoms with Crippen molar-refractivity contribution in [3.8, 4) is 0 Å². The first-order valence-corrected chi connectivity index (χ1v) is 24.7. The molecule has 1 aliphatic rings. The summed E-state index contributed by atoms with van der Waals surface area (Å²) in [4.78, 5) is 33.4. The second kappa shape index (κ2) is 16.3. The van der Waals surface area contributed by atoms with E-state index in [1.165, 1.54) is 5.57 Å². The fourth-order valence-electron chi connectivity index (χ4n) is 5.83. The highest BCUT2D eigenvalue weighted by molar-refractivity contribution is 7.09. The zero-order valence-corrected chi connectivity index (χ0v) is 36.4. The average Bonchev–Trinajstić information content (AvgIpc) is 3.34. The lowest BCUT2D eigenvalue weighted by Gasteiger charge is -2.46. The van der Waals surface area contributed by atoms with Gasteiger partial charge in [0.15, 0.2) is 16.6 Å². The molecule has 9 heteroatoms. The van der Waals surface area contributed by atoms with E-state index in [4.69, 9.17) is 13.6 Å². The molecule has 0 radical (unpaired) electrons. The van der Waals surface area contributed by atoms with Crippen LogP contribution in [0, 0.1) is 24.2 Å². The number of hydrogen-bond donors (Lipinski definition) is 0. The number of Topliss-reactive ketones (excluding diaryl/α,β-unsaturated/α-hetero) is 1. The minimum atomic E-state index is -2.39. The van der Waals surface area contributed by atoms with Crippen LogP contribution >= 0.6 is 11.3 Å². The molecular weight excluding hydrogens is 651 g/mol. The normalized spacial score (nSPS) is 26.6. The van der Waals surface area contributed by atoms with E-state index in [-0.39, 0.29) is 46.2 Å². The molecule has 1 aliphatic heterocycles. The topological polar surface area (TPSA) is 74.7 Å². The number of cyclic esters (lactones) is 1. The van der Waals surface area contributed by atoms with E-state index in [2.05, 4.69) is 92.6 Å². The molecule has 0 spiro atoms. The zero-order valence-electron chi connectivity index (χ0n) is 33.6. The van der Waals surface area contributed by atoms with E-state index >= 15 is 0 Å². The van der Waals surface area contributed by atoms with Gasteiger partial charge in [0.25, 0.3) is 0 Å². The molecule has 2 heterocycles. The van der Waals surface area contributed by atoms with Crippen LogP contribution in [0.4, 0.5) is 0 Å². The number of aromatic nitrogens is 1. The molecule has 5 atom stereocenters. The molecule has 1 aromatic rings. The molecule has 0 saturated carbocycles. The number of rotatable bonds is 6. The van der Waals surface area contributed by atoms with Crippen LogP contribution in [0.2, 0.25) is 36.3 Å². The van der Waals surface area contributed by atoms with Gasteiger partial charge in [-0.15, -0.1) is 11.3 Å². The number of ether oxygens (including phenoxy) is 1. The standard InChI is InChI=1S/C39H69NO5SSi2/c1-26-19-18-20-27(2)35(45-48(16,17)38(9,10)11)29(4)36(42)39(12,13)33(44-47(14,15)37(6,7)8)24-34(41)43-32(22-21-26)28(3)23-31-25-46-30(5)40-31/h21,23,25,27,29,32-33,35H,18-20,22,24H2,1-17H3/t27?,29-,32+,33+,35+/m1/s1. The van der Waals surface area contributed by atoms with Gasteiger partial charge in [-0.25, -0.2) is 4.98 Å². The van der Waals surface area contributed by atoms with Crippen molar-refractivity contribution in [3.05, 3.63) is 33.3 Å². The number of carbonyl (C=O) groups is 2. The third-order valence-electron chi connectivity index (χ3n) is 11.4. The fraction of sp³-hybridized carbons (Fsp3) is 0.769. The minimum Gasteiger partial charge on any atom is -0.457 e. The summed E-state index contributed by atoms with van der Waals surface area (Å²) in [5.41, 5.74) is 2.15. The van der Waals surface area contributed by atoms with E-state index in [9.17, 15) is 9.59 Å². The number of aryl methyl sites for hydroxylation is 1. The van der Waals surface area contributed by atoms with Gasteiger partial charge in [-0.2, -0.15) is 0 Å². The Morgan fingerprint density at radius 1 is 1.00 bits per heavy atom. The Balaban J connectivity index is 2.66. The Morgan fingerprint density at radius 2 is 1.56 bits per heavy atom. The zero-order chi connectivity index (χ0) is 37.0. The van der Waals surface area contributed by atoms with E-state index in [0.29, 0.717) is 6.42 Å². The van der Waals surface area contributed by atoms with Crippen LogP contribution in [-0.2, 0) is 23.2 Å².